The summed E-state index contributed by atoms with van der Waals surface area (Å²) in [4.78, 5) is 13.9. The highest BCUT2D eigenvalue weighted by Crippen LogP contribution is 2.36. The molecule has 0 saturated heterocycles. The Labute approximate surface area is 133 Å². The van der Waals surface area contributed by atoms with Crippen LogP contribution in [0.15, 0.2) is 16.6 Å². The van der Waals surface area contributed by atoms with Crippen molar-refractivity contribution in [3.8, 4) is 11.5 Å². The third-order valence-electron chi connectivity index (χ3n) is 2.94. The summed E-state index contributed by atoms with van der Waals surface area (Å²) in [5, 5.41) is 0. The number of fused-ring (bicyclic) bond motifs is 1. The fourth-order valence-electron chi connectivity index (χ4n) is 2.08. The average Bonchev–Trinajstić information content (AvgIpc) is 2.57. The quantitative estimate of drug-likeness (QED) is 0.770. The number of nitrogens with zero attached hydrogens (tertiary/aromatic N) is 1. The Morgan fingerprint density at radius 1 is 1.38 bits per heavy atom. The number of rotatable bonds is 1. The third-order valence-corrected chi connectivity index (χ3v) is 3.39. The van der Waals surface area contributed by atoms with Crippen molar-refractivity contribution < 1.29 is 19.0 Å². The lowest BCUT2D eigenvalue weighted by Crippen LogP contribution is -2.37. The largest absolute Gasteiger partial charge is 0.493 e. The van der Waals surface area contributed by atoms with Gasteiger partial charge >= 0.3 is 6.09 Å². The molecule has 6 heteroatoms. The molecule has 0 radical (unpaired) electrons. The van der Waals surface area contributed by atoms with E-state index in [1.54, 1.807) is 12.0 Å². The molecule has 1 aromatic rings. The van der Waals surface area contributed by atoms with Crippen LogP contribution >= 0.6 is 15.9 Å². The Morgan fingerprint density at radius 3 is 2.71 bits per heavy atom. The van der Waals surface area contributed by atoms with Crippen molar-refractivity contribution in [3.05, 3.63) is 22.2 Å². The number of carbonyl (C=O) groups is 1. The molecule has 0 saturated carbocycles. The summed E-state index contributed by atoms with van der Waals surface area (Å²) in [6.45, 7) is 6.88. The van der Waals surface area contributed by atoms with Gasteiger partial charge in [0.15, 0.2) is 11.5 Å². The normalized spacial score (nSPS) is 14.8. The summed E-state index contributed by atoms with van der Waals surface area (Å²) in [5.74, 6) is 1.34. The van der Waals surface area contributed by atoms with Gasteiger partial charge in [0.25, 0.3) is 0 Å². The van der Waals surface area contributed by atoms with Crippen molar-refractivity contribution in [3.63, 3.8) is 0 Å². The van der Waals surface area contributed by atoms with Crippen LogP contribution in [0.2, 0.25) is 0 Å². The van der Waals surface area contributed by atoms with Crippen LogP contribution in [0.4, 0.5) is 4.79 Å². The van der Waals surface area contributed by atoms with Gasteiger partial charge in [0.05, 0.1) is 20.2 Å². The van der Waals surface area contributed by atoms with Crippen LogP contribution in [0.3, 0.4) is 0 Å². The number of carbonyl (C=O) groups excluding carboxylic acids is 1. The summed E-state index contributed by atoms with van der Waals surface area (Å²) < 4.78 is 17.4. The maximum Gasteiger partial charge on any atom is 0.410 e. The highest BCUT2D eigenvalue weighted by atomic mass is 79.9. The molecule has 0 aliphatic carbocycles. The van der Waals surface area contributed by atoms with E-state index < -0.39 is 5.60 Å². The molecule has 1 aromatic carbocycles. The zero-order valence-corrected chi connectivity index (χ0v) is 14.3. The molecule has 0 N–H and O–H groups in total. The standard InChI is InChI=1S/C15H20BrNO4/c1-15(2,3)21-14(18)17-5-6-20-13-10(9-17)7-11(16)8-12(13)19-4/h7-8H,5-6,9H2,1-4H3. The first-order valence-corrected chi connectivity index (χ1v) is 7.56. The van der Waals surface area contributed by atoms with E-state index in [9.17, 15) is 4.79 Å². The van der Waals surface area contributed by atoms with Gasteiger partial charge in [-0.15, -0.1) is 0 Å². The smallest absolute Gasteiger partial charge is 0.410 e. The second-order valence-electron chi connectivity index (χ2n) is 5.85. The van der Waals surface area contributed by atoms with Crippen molar-refractivity contribution in [2.75, 3.05) is 20.3 Å². The summed E-state index contributed by atoms with van der Waals surface area (Å²) in [5.41, 5.74) is 0.381. The first-order valence-electron chi connectivity index (χ1n) is 6.77. The Morgan fingerprint density at radius 2 is 2.10 bits per heavy atom. The van der Waals surface area contributed by atoms with E-state index in [-0.39, 0.29) is 6.09 Å². The fourth-order valence-corrected chi connectivity index (χ4v) is 2.56. The molecule has 0 atom stereocenters. The van der Waals surface area contributed by atoms with Crippen LogP contribution in [-0.4, -0.2) is 36.9 Å². The van der Waals surface area contributed by atoms with Crippen molar-refractivity contribution in [1.82, 2.24) is 4.90 Å². The number of amides is 1. The van der Waals surface area contributed by atoms with Gasteiger partial charge in [-0.05, 0) is 32.9 Å². The molecule has 1 aliphatic rings. The first kappa shape index (κ1) is 15.9. The molecule has 1 aliphatic heterocycles. The molecular weight excluding hydrogens is 338 g/mol. The predicted octanol–water partition coefficient (Wildman–Crippen LogP) is 3.59. The molecule has 1 heterocycles. The Bertz CT molecular complexity index is 539. The van der Waals surface area contributed by atoms with Gasteiger partial charge < -0.3 is 19.1 Å². The van der Waals surface area contributed by atoms with Crippen LogP contribution in [0.25, 0.3) is 0 Å². The molecule has 0 fully saturated rings. The minimum absolute atomic E-state index is 0.335. The second-order valence-corrected chi connectivity index (χ2v) is 6.76. The van der Waals surface area contributed by atoms with Crippen LogP contribution < -0.4 is 9.47 Å². The number of halogens is 1. The molecule has 2 rings (SSSR count). The maximum atomic E-state index is 12.2. The Balaban J connectivity index is 2.25. The predicted molar refractivity (Wildman–Crippen MR) is 82.8 cm³/mol. The van der Waals surface area contributed by atoms with Crippen LogP contribution in [0.1, 0.15) is 26.3 Å². The van der Waals surface area contributed by atoms with Crippen molar-refractivity contribution in [2.24, 2.45) is 0 Å². The van der Waals surface area contributed by atoms with E-state index in [1.807, 2.05) is 32.9 Å². The van der Waals surface area contributed by atoms with Gasteiger partial charge in [-0.1, -0.05) is 15.9 Å². The molecule has 21 heavy (non-hydrogen) atoms. The molecule has 116 valence electrons. The molecule has 5 nitrogen and oxygen atoms in total. The average molecular weight is 358 g/mol. The highest BCUT2D eigenvalue weighted by Gasteiger charge is 2.26. The second kappa shape index (κ2) is 6.13. The van der Waals surface area contributed by atoms with Crippen molar-refractivity contribution in [2.45, 2.75) is 32.9 Å². The van der Waals surface area contributed by atoms with E-state index in [2.05, 4.69) is 15.9 Å². The summed E-state index contributed by atoms with van der Waals surface area (Å²) in [6.07, 6.45) is -0.335. The molecule has 0 spiro atoms. The lowest BCUT2D eigenvalue weighted by Gasteiger charge is -2.26. The lowest BCUT2D eigenvalue weighted by molar-refractivity contribution is 0.0225. The number of benzene rings is 1. The zero-order valence-electron chi connectivity index (χ0n) is 12.7. The first-order chi connectivity index (χ1) is 9.80. The van der Waals surface area contributed by atoms with E-state index in [4.69, 9.17) is 14.2 Å². The zero-order chi connectivity index (χ0) is 15.6. The molecule has 0 bridgehead atoms. The molecular formula is C15H20BrNO4. The van der Waals surface area contributed by atoms with Crippen LogP contribution in [0, 0.1) is 0 Å². The summed E-state index contributed by atoms with van der Waals surface area (Å²) >= 11 is 3.44. The minimum atomic E-state index is -0.512. The van der Waals surface area contributed by atoms with Gasteiger partial charge in [0.1, 0.15) is 12.2 Å². The van der Waals surface area contributed by atoms with Crippen LogP contribution in [-0.2, 0) is 11.3 Å². The van der Waals surface area contributed by atoms with E-state index in [0.29, 0.717) is 31.2 Å². The number of hydrogen-bond donors (Lipinski definition) is 0. The van der Waals surface area contributed by atoms with Gasteiger partial charge in [-0.25, -0.2) is 4.79 Å². The third kappa shape index (κ3) is 4.03. The van der Waals surface area contributed by atoms with E-state index in [1.165, 1.54) is 0 Å². The highest BCUT2D eigenvalue weighted by molar-refractivity contribution is 9.10. The summed E-state index contributed by atoms with van der Waals surface area (Å²) in [7, 11) is 1.60. The van der Waals surface area contributed by atoms with Crippen LogP contribution in [0.5, 0.6) is 11.5 Å². The Kier molecular flexibility index (Phi) is 4.66. The van der Waals surface area contributed by atoms with E-state index >= 15 is 0 Å². The number of ether oxygens (including phenoxy) is 3. The Hall–Kier alpha value is -1.43. The van der Waals surface area contributed by atoms with Gasteiger partial charge in [-0.3, -0.25) is 0 Å². The monoisotopic (exact) mass is 357 g/mol. The fraction of sp³-hybridized carbons (Fsp3) is 0.533. The van der Waals surface area contributed by atoms with Crippen molar-refractivity contribution in [1.29, 1.82) is 0 Å². The SMILES string of the molecule is COc1cc(Br)cc2c1OCCN(C(=O)OC(C)(C)C)C2. The van der Waals surface area contributed by atoms with Gasteiger partial charge in [0.2, 0.25) is 0 Å². The molecule has 1 amide bonds. The van der Waals surface area contributed by atoms with Gasteiger partial charge in [0, 0.05) is 10.0 Å². The number of hydrogen-bond acceptors (Lipinski definition) is 4. The minimum Gasteiger partial charge on any atom is -0.493 e. The topological polar surface area (TPSA) is 48.0 Å². The van der Waals surface area contributed by atoms with E-state index in [0.717, 1.165) is 10.0 Å². The molecule has 0 unspecified atom stereocenters. The van der Waals surface area contributed by atoms with Gasteiger partial charge in [-0.2, -0.15) is 0 Å². The summed E-state index contributed by atoms with van der Waals surface area (Å²) in [6, 6.07) is 3.78. The maximum absolute atomic E-state index is 12.2. The number of methoxy groups -OCH3 is 1. The lowest BCUT2D eigenvalue weighted by atomic mass is 10.1. The molecule has 0 aromatic heterocycles. The van der Waals surface area contributed by atoms with Crippen molar-refractivity contribution >= 4 is 22.0 Å².